The molecule has 1 aromatic carbocycles. The molecule has 3 aliphatic rings. The number of morpholine rings is 1. The summed E-state index contributed by atoms with van der Waals surface area (Å²) >= 11 is 0. The molecule has 0 bridgehead atoms. The van der Waals surface area contributed by atoms with Crippen molar-refractivity contribution in [3.05, 3.63) is 89.0 Å². The van der Waals surface area contributed by atoms with Crippen LogP contribution in [0.3, 0.4) is 0 Å². The average molecular weight is 524 g/mol. The lowest BCUT2D eigenvalue weighted by atomic mass is 9.97. The van der Waals surface area contributed by atoms with Gasteiger partial charge in [-0.3, -0.25) is 4.79 Å². The van der Waals surface area contributed by atoms with Gasteiger partial charge in [0, 0.05) is 69.0 Å². The predicted molar refractivity (Wildman–Crippen MR) is 151 cm³/mol. The standard InChI is InChI=1S/C30H33N7O2/c1-22(23-5-3-2-4-6-23)30(38)37-11-9-36(10-12-37)28-8-7-24(20-33-28)27-17-26(35-13-15-39-16-14-35)21-34-29(27)25(18-31)19-32/h2-8,17-18,20-22,31,34H,9-16H2,1H3/b29-25+,31-18?/t22-/m1/s1. The molecular formula is C30H33N7O2. The SMILES string of the molecule is C[C@@H](C(=O)N1CCN(c2ccc(C3=CC(N4CCOCC4)=CN/C3=C(/C#N)C=N)cn2)CC1)c1ccccc1. The molecule has 0 aliphatic carbocycles. The molecule has 0 unspecified atom stereocenters. The van der Waals surface area contributed by atoms with E-state index >= 15 is 0 Å². The highest BCUT2D eigenvalue weighted by Gasteiger charge is 2.27. The van der Waals surface area contributed by atoms with E-state index < -0.39 is 0 Å². The zero-order chi connectivity index (χ0) is 27.2. The molecule has 39 heavy (non-hydrogen) atoms. The molecule has 2 N–H and O–H groups in total. The van der Waals surface area contributed by atoms with E-state index in [4.69, 9.17) is 15.1 Å². The smallest absolute Gasteiger partial charge is 0.229 e. The number of anilines is 1. The summed E-state index contributed by atoms with van der Waals surface area (Å²) < 4.78 is 5.49. The number of ether oxygens (including phenoxy) is 1. The van der Waals surface area contributed by atoms with E-state index in [9.17, 15) is 10.1 Å². The molecule has 0 saturated carbocycles. The van der Waals surface area contributed by atoms with E-state index in [0.717, 1.165) is 47.5 Å². The predicted octanol–water partition coefficient (Wildman–Crippen LogP) is 3.12. The number of carbonyl (C=O) groups excluding carboxylic acids is 1. The molecule has 0 spiro atoms. The Labute approximate surface area is 229 Å². The number of hydrogen-bond donors (Lipinski definition) is 2. The molecule has 5 rings (SSSR count). The van der Waals surface area contributed by atoms with Gasteiger partial charge in [0.2, 0.25) is 5.91 Å². The molecule has 200 valence electrons. The highest BCUT2D eigenvalue weighted by Crippen LogP contribution is 2.30. The van der Waals surface area contributed by atoms with Gasteiger partial charge in [-0.25, -0.2) is 4.98 Å². The first-order chi connectivity index (χ1) is 19.1. The molecule has 1 atom stereocenters. The molecule has 0 radical (unpaired) electrons. The first kappa shape index (κ1) is 26.2. The minimum atomic E-state index is -0.162. The third-order valence-electron chi connectivity index (χ3n) is 7.48. The van der Waals surface area contributed by atoms with Gasteiger partial charge in [-0.05, 0) is 30.7 Å². The van der Waals surface area contributed by atoms with Crippen molar-refractivity contribution in [3.8, 4) is 6.07 Å². The van der Waals surface area contributed by atoms with Crippen molar-refractivity contribution in [1.82, 2.24) is 20.1 Å². The molecule has 9 nitrogen and oxygen atoms in total. The fraction of sp³-hybridized carbons (Fsp3) is 0.333. The summed E-state index contributed by atoms with van der Waals surface area (Å²) in [6.07, 6.45) is 6.82. The maximum Gasteiger partial charge on any atom is 0.229 e. The van der Waals surface area contributed by atoms with Crippen molar-refractivity contribution >= 4 is 23.5 Å². The lowest BCUT2D eigenvalue weighted by Crippen LogP contribution is -2.50. The van der Waals surface area contributed by atoms with Crippen LogP contribution in [0.5, 0.6) is 0 Å². The number of amides is 1. The molecule has 3 aliphatic heterocycles. The number of aromatic nitrogens is 1. The molecule has 2 saturated heterocycles. The number of pyridine rings is 1. The minimum absolute atomic E-state index is 0.156. The van der Waals surface area contributed by atoms with Crippen molar-refractivity contribution in [1.29, 1.82) is 10.7 Å². The second-order valence-corrected chi connectivity index (χ2v) is 9.77. The maximum atomic E-state index is 13.1. The molecule has 1 aromatic heterocycles. The van der Waals surface area contributed by atoms with Crippen LogP contribution in [0.25, 0.3) is 5.57 Å². The highest BCUT2D eigenvalue weighted by atomic mass is 16.5. The van der Waals surface area contributed by atoms with Crippen LogP contribution in [-0.4, -0.2) is 79.4 Å². The molecule has 4 heterocycles. The fourth-order valence-electron chi connectivity index (χ4n) is 5.15. The summed E-state index contributed by atoms with van der Waals surface area (Å²) in [5, 5.41) is 20.6. The maximum absolute atomic E-state index is 13.1. The van der Waals surface area contributed by atoms with Gasteiger partial charge >= 0.3 is 0 Å². The van der Waals surface area contributed by atoms with Crippen molar-refractivity contribution in [2.24, 2.45) is 0 Å². The number of allylic oxidation sites excluding steroid dienone is 3. The molecule has 2 fully saturated rings. The van der Waals surface area contributed by atoms with Crippen LogP contribution in [0, 0.1) is 16.7 Å². The van der Waals surface area contributed by atoms with E-state index in [1.54, 1.807) is 0 Å². The number of rotatable bonds is 6. The second-order valence-electron chi connectivity index (χ2n) is 9.77. The first-order valence-electron chi connectivity index (χ1n) is 13.3. The Morgan fingerprint density at radius 1 is 1.08 bits per heavy atom. The number of nitrogens with one attached hydrogen (secondary N) is 2. The average Bonchev–Trinajstić information content (AvgIpc) is 3.02. The molecule has 2 aromatic rings. The number of carbonyl (C=O) groups is 1. The summed E-state index contributed by atoms with van der Waals surface area (Å²) in [4.78, 5) is 24.2. The molecule has 1 amide bonds. The number of piperazine rings is 1. The topological polar surface area (TPSA) is 109 Å². The normalized spacial score (nSPS) is 19.7. The van der Waals surface area contributed by atoms with Crippen LogP contribution in [-0.2, 0) is 9.53 Å². The zero-order valence-corrected chi connectivity index (χ0v) is 22.1. The number of nitriles is 1. The summed E-state index contributed by atoms with van der Waals surface area (Å²) in [6.45, 7) is 7.64. The second kappa shape index (κ2) is 12.0. The lowest BCUT2D eigenvalue weighted by molar-refractivity contribution is -0.132. The van der Waals surface area contributed by atoms with E-state index in [1.165, 1.54) is 0 Å². The van der Waals surface area contributed by atoms with Gasteiger partial charge in [0.05, 0.1) is 36.1 Å². The first-order valence-corrected chi connectivity index (χ1v) is 13.3. The van der Waals surface area contributed by atoms with E-state index in [1.807, 2.05) is 72.8 Å². The monoisotopic (exact) mass is 523 g/mol. The number of nitrogens with zero attached hydrogens (tertiary/aromatic N) is 5. The largest absolute Gasteiger partial charge is 0.378 e. The quantitative estimate of drug-likeness (QED) is 0.442. The van der Waals surface area contributed by atoms with Gasteiger partial charge < -0.3 is 30.2 Å². The van der Waals surface area contributed by atoms with Gasteiger partial charge in [0.15, 0.2) is 0 Å². The Morgan fingerprint density at radius 2 is 1.82 bits per heavy atom. The van der Waals surface area contributed by atoms with Gasteiger partial charge in [0.1, 0.15) is 11.9 Å². The van der Waals surface area contributed by atoms with Crippen LogP contribution < -0.4 is 10.2 Å². The third-order valence-corrected chi connectivity index (χ3v) is 7.48. The zero-order valence-electron chi connectivity index (χ0n) is 22.1. The Hall–Kier alpha value is -4.42. The Morgan fingerprint density at radius 3 is 2.46 bits per heavy atom. The van der Waals surface area contributed by atoms with Gasteiger partial charge in [-0.15, -0.1) is 0 Å². The fourth-order valence-corrected chi connectivity index (χ4v) is 5.15. The van der Waals surface area contributed by atoms with E-state index in [0.29, 0.717) is 45.1 Å². The molecule has 9 heteroatoms. The summed E-state index contributed by atoms with van der Waals surface area (Å²) in [5.41, 5.74) is 4.58. The van der Waals surface area contributed by atoms with Crippen molar-refractivity contribution in [2.75, 3.05) is 57.4 Å². The van der Waals surface area contributed by atoms with E-state index in [2.05, 4.69) is 21.2 Å². The van der Waals surface area contributed by atoms with Crippen molar-refractivity contribution in [3.63, 3.8) is 0 Å². The number of benzene rings is 1. The Balaban J connectivity index is 1.29. The lowest BCUT2D eigenvalue weighted by Gasteiger charge is -2.36. The van der Waals surface area contributed by atoms with Crippen LogP contribution in [0.4, 0.5) is 5.82 Å². The summed E-state index contributed by atoms with van der Waals surface area (Å²) in [6, 6.07) is 16.0. The van der Waals surface area contributed by atoms with Crippen LogP contribution >= 0.6 is 0 Å². The van der Waals surface area contributed by atoms with Gasteiger partial charge in [-0.1, -0.05) is 30.3 Å². The van der Waals surface area contributed by atoms with Gasteiger partial charge in [0.25, 0.3) is 0 Å². The number of hydrogen-bond acceptors (Lipinski definition) is 8. The van der Waals surface area contributed by atoms with Crippen molar-refractivity contribution < 1.29 is 9.53 Å². The van der Waals surface area contributed by atoms with Crippen LogP contribution in [0.2, 0.25) is 0 Å². The van der Waals surface area contributed by atoms with Gasteiger partial charge in [-0.2, -0.15) is 5.26 Å². The Kier molecular flexibility index (Phi) is 8.04. The van der Waals surface area contributed by atoms with Crippen molar-refractivity contribution in [2.45, 2.75) is 12.8 Å². The van der Waals surface area contributed by atoms with Crippen LogP contribution in [0.15, 0.2) is 77.9 Å². The van der Waals surface area contributed by atoms with Crippen LogP contribution in [0.1, 0.15) is 24.0 Å². The minimum Gasteiger partial charge on any atom is -0.378 e. The number of dihydropyridines is 1. The Bertz CT molecular complexity index is 1330. The summed E-state index contributed by atoms with van der Waals surface area (Å²) in [5.74, 6) is 0.850. The summed E-state index contributed by atoms with van der Waals surface area (Å²) in [7, 11) is 0. The third kappa shape index (κ3) is 5.71. The highest BCUT2D eigenvalue weighted by molar-refractivity contribution is 5.93. The molecular weight excluding hydrogens is 490 g/mol. The van der Waals surface area contributed by atoms with E-state index in [-0.39, 0.29) is 17.4 Å².